The minimum absolute atomic E-state index is 0.234. The number of nitrogens with zero attached hydrogens (tertiary/aromatic N) is 2. The van der Waals surface area contributed by atoms with Crippen molar-refractivity contribution in [1.82, 2.24) is 15.1 Å². The van der Waals surface area contributed by atoms with Crippen LogP contribution >= 0.6 is 0 Å². The van der Waals surface area contributed by atoms with E-state index in [-0.39, 0.29) is 12.1 Å². The molecule has 2 aromatic carbocycles. The van der Waals surface area contributed by atoms with Gasteiger partial charge in [0.2, 0.25) is 5.43 Å². The number of hydrogen-bond acceptors (Lipinski definition) is 5. The maximum Gasteiger partial charge on any atom is 0.328 e. The summed E-state index contributed by atoms with van der Waals surface area (Å²) in [5.74, 6) is -1.33. The third-order valence-corrected chi connectivity index (χ3v) is 4.40. The first kappa shape index (κ1) is 20.0. The highest BCUT2D eigenvalue weighted by Crippen LogP contribution is 2.09. The van der Waals surface area contributed by atoms with Crippen LogP contribution in [-0.4, -0.2) is 34.8 Å². The Hall–Kier alpha value is -3.74. The number of aryl methyl sites for hydroxylation is 1. The Morgan fingerprint density at radius 3 is 2.31 bits per heavy atom. The average molecular weight is 391 g/mol. The summed E-state index contributed by atoms with van der Waals surface area (Å²) in [4.78, 5) is 37.3. The SMILES string of the molecule is COC(=O)[C@H](Cc1ccccc1)NC(=O)c1nn(-c2ccccc2)c(C)cc1=O. The van der Waals surface area contributed by atoms with E-state index in [1.165, 1.54) is 17.9 Å². The van der Waals surface area contributed by atoms with Gasteiger partial charge in [0.25, 0.3) is 5.91 Å². The van der Waals surface area contributed by atoms with E-state index in [2.05, 4.69) is 10.4 Å². The van der Waals surface area contributed by atoms with Gasteiger partial charge in [-0.3, -0.25) is 9.59 Å². The molecule has 7 heteroatoms. The number of aromatic nitrogens is 2. The normalized spacial score (nSPS) is 11.5. The van der Waals surface area contributed by atoms with Crippen LogP contribution in [0, 0.1) is 6.92 Å². The highest BCUT2D eigenvalue weighted by molar-refractivity contribution is 5.95. The molecule has 29 heavy (non-hydrogen) atoms. The zero-order chi connectivity index (χ0) is 20.8. The Labute approximate surface area is 168 Å². The molecule has 1 atom stereocenters. The lowest BCUT2D eigenvalue weighted by Crippen LogP contribution is -2.45. The number of hydrogen-bond donors (Lipinski definition) is 1. The van der Waals surface area contributed by atoms with Crippen molar-refractivity contribution in [3.63, 3.8) is 0 Å². The van der Waals surface area contributed by atoms with Gasteiger partial charge < -0.3 is 10.1 Å². The molecular formula is C22H21N3O4. The summed E-state index contributed by atoms with van der Waals surface area (Å²) in [5, 5.41) is 6.81. The van der Waals surface area contributed by atoms with Crippen molar-refractivity contribution >= 4 is 11.9 Å². The Kier molecular flexibility index (Phi) is 6.19. The van der Waals surface area contributed by atoms with Crippen molar-refractivity contribution in [2.75, 3.05) is 7.11 Å². The molecule has 1 amide bonds. The van der Waals surface area contributed by atoms with Gasteiger partial charge in [-0.15, -0.1) is 0 Å². The van der Waals surface area contributed by atoms with Gasteiger partial charge >= 0.3 is 5.97 Å². The molecule has 0 unspecified atom stereocenters. The molecule has 0 radical (unpaired) electrons. The Morgan fingerprint density at radius 1 is 1.07 bits per heavy atom. The predicted octanol–water partition coefficient (Wildman–Crippen LogP) is 2.06. The van der Waals surface area contributed by atoms with Crippen LogP contribution in [0.15, 0.2) is 71.5 Å². The summed E-state index contributed by atoms with van der Waals surface area (Å²) >= 11 is 0. The topological polar surface area (TPSA) is 90.3 Å². The lowest BCUT2D eigenvalue weighted by molar-refractivity contribution is -0.142. The van der Waals surface area contributed by atoms with Crippen LogP contribution in [0.2, 0.25) is 0 Å². The van der Waals surface area contributed by atoms with E-state index in [1.807, 2.05) is 60.7 Å². The summed E-state index contributed by atoms with van der Waals surface area (Å²) in [6.07, 6.45) is 0.234. The average Bonchev–Trinajstić information content (AvgIpc) is 2.74. The number of ether oxygens (including phenoxy) is 1. The number of nitrogens with one attached hydrogen (secondary N) is 1. The zero-order valence-electron chi connectivity index (χ0n) is 16.2. The Balaban J connectivity index is 1.90. The van der Waals surface area contributed by atoms with Crippen molar-refractivity contribution in [3.8, 4) is 5.69 Å². The van der Waals surface area contributed by atoms with Crippen LogP contribution in [0.5, 0.6) is 0 Å². The minimum atomic E-state index is -0.942. The summed E-state index contributed by atoms with van der Waals surface area (Å²) < 4.78 is 6.32. The van der Waals surface area contributed by atoms with Crippen molar-refractivity contribution in [2.24, 2.45) is 0 Å². The van der Waals surface area contributed by atoms with Crippen LogP contribution in [0.4, 0.5) is 0 Å². The van der Waals surface area contributed by atoms with Crippen LogP contribution in [0.1, 0.15) is 21.7 Å². The fourth-order valence-corrected chi connectivity index (χ4v) is 2.95. The number of methoxy groups -OCH3 is 1. The maximum atomic E-state index is 12.8. The van der Waals surface area contributed by atoms with E-state index >= 15 is 0 Å². The molecule has 0 saturated carbocycles. The third-order valence-electron chi connectivity index (χ3n) is 4.40. The van der Waals surface area contributed by atoms with Crippen LogP contribution in [-0.2, 0) is 16.0 Å². The summed E-state index contributed by atoms with van der Waals surface area (Å²) in [6.45, 7) is 1.73. The first-order valence-electron chi connectivity index (χ1n) is 9.08. The summed E-state index contributed by atoms with van der Waals surface area (Å²) in [6, 6.07) is 18.8. The predicted molar refractivity (Wildman–Crippen MR) is 108 cm³/mol. The fourth-order valence-electron chi connectivity index (χ4n) is 2.95. The lowest BCUT2D eigenvalue weighted by Gasteiger charge is -2.17. The van der Waals surface area contributed by atoms with Crippen molar-refractivity contribution in [1.29, 1.82) is 0 Å². The molecule has 3 aromatic rings. The molecule has 1 N–H and O–H groups in total. The maximum absolute atomic E-state index is 12.8. The molecular weight excluding hydrogens is 370 g/mol. The van der Waals surface area contributed by atoms with Crippen LogP contribution in [0.25, 0.3) is 5.69 Å². The van der Waals surface area contributed by atoms with Crippen LogP contribution < -0.4 is 10.7 Å². The first-order chi connectivity index (χ1) is 14.0. The van der Waals surface area contributed by atoms with Gasteiger partial charge in [-0.25, -0.2) is 9.48 Å². The van der Waals surface area contributed by atoms with E-state index in [0.717, 1.165) is 5.56 Å². The molecule has 1 heterocycles. The third kappa shape index (κ3) is 4.76. The summed E-state index contributed by atoms with van der Waals surface area (Å²) in [7, 11) is 1.25. The van der Waals surface area contributed by atoms with Gasteiger partial charge in [0.1, 0.15) is 6.04 Å². The first-order valence-corrected chi connectivity index (χ1v) is 9.08. The molecule has 0 spiro atoms. The largest absolute Gasteiger partial charge is 0.467 e. The molecule has 148 valence electrons. The molecule has 0 aliphatic heterocycles. The fraction of sp³-hybridized carbons (Fsp3) is 0.182. The van der Waals surface area contributed by atoms with Crippen molar-refractivity contribution in [3.05, 3.63) is 93.9 Å². The highest BCUT2D eigenvalue weighted by Gasteiger charge is 2.25. The van der Waals surface area contributed by atoms with E-state index in [1.54, 1.807) is 6.92 Å². The minimum Gasteiger partial charge on any atom is -0.467 e. The van der Waals surface area contributed by atoms with E-state index in [0.29, 0.717) is 11.4 Å². The van der Waals surface area contributed by atoms with Gasteiger partial charge in [0.15, 0.2) is 5.69 Å². The van der Waals surface area contributed by atoms with E-state index in [9.17, 15) is 14.4 Å². The molecule has 0 aliphatic carbocycles. The van der Waals surface area contributed by atoms with E-state index in [4.69, 9.17) is 4.74 Å². The van der Waals surface area contributed by atoms with Gasteiger partial charge in [-0.1, -0.05) is 48.5 Å². The number of amides is 1. The molecule has 1 aromatic heterocycles. The van der Waals surface area contributed by atoms with Gasteiger partial charge in [0.05, 0.1) is 12.8 Å². The molecule has 0 fully saturated rings. The second-order valence-corrected chi connectivity index (χ2v) is 6.48. The number of rotatable bonds is 6. The molecule has 7 nitrogen and oxygen atoms in total. The Bertz CT molecular complexity index is 1060. The zero-order valence-corrected chi connectivity index (χ0v) is 16.2. The number of benzene rings is 2. The standard InChI is InChI=1S/C22H21N3O4/c1-15-13-19(26)20(24-25(15)17-11-7-4-8-12-17)21(27)23-18(22(28)29-2)14-16-9-5-3-6-10-16/h3-13,18H,14H2,1-2H3,(H,23,27)/t18-/m0/s1. The lowest BCUT2D eigenvalue weighted by atomic mass is 10.1. The summed E-state index contributed by atoms with van der Waals surface area (Å²) in [5.41, 5.74) is 1.35. The quantitative estimate of drug-likeness (QED) is 0.650. The molecule has 0 bridgehead atoms. The van der Waals surface area contributed by atoms with E-state index < -0.39 is 23.3 Å². The number of esters is 1. The molecule has 0 aliphatic rings. The van der Waals surface area contributed by atoms with Gasteiger partial charge in [-0.2, -0.15) is 5.10 Å². The smallest absolute Gasteiger partial charge is 0.328 e. The molecule has 0 saturated heterocycles. The van der Waals surface area contributed by atoms with Crippen molar-refractivity contribution < 1.29 is 14.3 Å². The van der Waals surface area contributed by atoms with Crippen molar-refractivity contribution in [2.45, 2.75) is 19.4 Å². The second kappa shape index (κ2) is 8.97. The number of para-hydroxylation sites is 1. The number of carbonyl (C=O) groups excluding carboxylic acids is 2. The number of carbonyl (C=O) groups is 2. The second-order valence-electron chi connectivity index (χ2n) is 6.48. The van der Waals surface area contributed by atoms with Crippen LogP contribution in [0.3, 0.4) is 0 Å². The van der Waals surface area contributed by atoms with Gasteiger partial charge in [-0.05, 0) is 24.6 Å². The van der Waals surface area contributed by atoms with Gasteiger partial charge in [0, 0.05) is 18.2 Å². The monoisotopic (exact) mass is 391 g/mol. The highest BCUT2D eigenvalue weighted by atomic mass is 16.5. The molecule has 3 rings (SSSR count). The Morgan fingerprint density at radius 2 is 1.69 bits per heavy atom.